The van der Waals surface area contributed by atoms with Gasteiger partial charge in [0.25, 0.3) is 0 Å². The van der Waals surface area contributed by atoms with E-state index < -0.39 is 0 Å². The predicted molar refractivity (Wildman–Crippen MR) is 67.3 cm³/mol. The van der Waals surface area contributed by atoms with E-state index in [0.29, 0.717) is 5.92 Å². The van der Waals surface area contributed by atoms with Crippen molar-refractivity contribution in [3.63, 3.8) is 0 Å². The molecular formula is C12H12BrN3O. The molecule has 0 radical (unpaired) electrons. The molecule has 0 aliphatic carbocycles. The Hall–Kier alpha value is -1.36. The smallest absolute Gasteiger partial charge is 0.122 e. The van der Waals surface area contributed by atoms with Crippen molar-refractivity contribution < 1.29 is 4.74 Å². The van der Waals surface area contributed by atoms with E-state index in [9.17, 15) is 0 Å². The first-order valence-corrected chi connectivity index (χ1v) is 6.65. The van der Waals surface area contributed by atoms with Gasteiger partial charge in [-0.1, -0.05) is 39.3 Å². The number of para-hydroxylation sites is 1. The molecule has 2 heterocycles. The van der Waals surface area contributed by atoms with Crippen LogP contribution < -0.4 is 4.74 Å². The van der Waals surface area contributed by atoms with Crippen LogP contribution >= 0.6 is 15.9 Å². The van der Waals surface area contributed by atoms with Crippen molar-refractivity contribution in [1.29, 1.82) is 0 Å². The normalized spacial score (nSPS) is 17.8. The Balaban J connectivity index is 1.79. The van der Waals surface area contributed by atoms with Crippen LogP contribution in [0, 0.1) is 0 Å². The molecule has 0 fully saturated rings. The van der Waals surface area contributed by atoms with Crippen molar-refractivity contribution in [2.75, 3.05) is 6.61 Å². The van der Waals surface area contributed by atoms with E-state index in [4.69, 9.17) is 4.74 Å². The summed E-state index contributed by atoms with van der Waals surface area (Å²) in [5.74, 6) is 1.37. The second-order valence-corrected chi connectivity index (χ2v) is 4.67. The highest BCUT2D eigenvalue weighted by Crippen LogP contribution is 2.34. The number of benzene rings is 1. The zero-order valence-electron chi connectivity index (χ0n) is 9.21. The molecule has 4 nitrogen and oxygen atoms in total. The van der Waals surface area contributed by atoms with Gasteiger partial charge in [-0.05, 0) is 6.07 Å². The van der Waals surface area contributed by atoms with Gasteiger partial charge in [-0.3, -0.25) is 4.68 Å². The molecule has 0 saturated heterocycles. The molecule has 88 valence electrons. The van der Waals surface area contributed by atoms with E-state index in [0.717, 1.165) is 29.9 Å². The second kappa shape index (κ2) is 4.49. The molecule has 0 amide bonds. The van der Waals surface area contributed by atoms with Gasteiger partial charge in [-0.2, -0.15) is 0 Å². The summed E-state index contributed by atoms with van der Waals surface area (Å²) in [6.07, 6.45) is 1.97. The number of nitrogens with zero attached hydrogens (tertiary/aromatic N) is 3. The molecule has 0 spiro atoms. The second-order valence-electron chi connectivity index (χ2n) is 4.11. The molecule has 1 atom stereocenters. The third kappa shape index (κ3) is 2.07. The van der Waals surface area contributed by atoms with Gasteiger partial charge >= 0.3 is 0 Å². The van der Waals surface area contributed by atoms with Crippen molar-refractivity contribution >= 4 is 15.9 Å². The number of rotatable bonds is 3. The van der Waals surface area contributed by atoms with Crippen LogP contribution in [0.1, 0.15) is 17.2 Å². The van der Waals surface area contributed by atoms with Crippen LogP contribution in [0.4, 0.5) is 0 Å². The molecular weight excluding hydrogens is 282 g/mol. The van der Waals surface area contributed by atoms with Gasteiger partial charge in [0.1, 0.15) is 5.75 Å². The van der Waals surface area contributed by atoms with Gasteiger partial charge in [0.15, 0.2) is 0 Å². The first kappa shape index (κ1) is 10.8. The Kier molecular flexibility index (Phi) is 2.84. The Morgan fingerprint density at radius 1 is 1.41 bits per heavy atom. The average molecular weight is 294 g/mol. The minimum atomic E-state index is 0.371. The minimum absolute atomic E-state index is 0.371. The molecule has 1 aliphatic rings. The lowest BCUT2D eigenvalue weighted by Gasteiger charge is -2.07. The molecule has 3 rings (SSSR count). The van der Waals surface area contributed by atoms with Gasteiger partial charge in [0.2, 0.25) is 0 Å². The lowest BCUT2D eigenvalue weighted by molar-refractivity contribution is 0.314. The summed E-state index contributed by atoms with van der Waals surface area (Å²) in [5, 5.41) is 8.90. The Labute approximate surface area is 108 Å². The largest absolute Gasteiger partial charge is 0.493 e. The van der Waals surface area contributed by atoms with Gasteiger partial charge in [-0.15, -0.1) is 5.10 Å². The highest BCUT2D eigenvalue weighted by atomic mass is 79.9. The lowest BCUT2D eigenvalue weighted by atomic mass is 10.0. The minimum Gasteiger partial charge on any atom is -0.493 e. The number of aromatic nitrogens is 3. The zero-order valence-corrected chi connectivity index (χ0v) is 10.8. The molecule has 1 aromatic heterocycles. The molecule has 1 aromatic carbocycles. The SMILES string of the molecule is BrCc1cn(CC2COc3ccccc32)nn1. The van der Waals surface area contributed by atoms with E-state index in [1.165, 1.54) is 5.56 Å². The standard InChI is InChI=1S/C12H12BrN3O/c13-5-10-7-16(15-14-10)6-9-8-17-12-4-2-1-3-11(9)12/h1-4,7,9H,5-6,8H2. The molecule has 0 N–H and O–H groups in total. The lowest BCUT2D eigenvalue weighted by Crippen LogP contribution is -2.11. The summed E-state index contributed by atoms with van der Waals surface area (Å²) in [7, 11) is 0. The van der Waals surface area contributed by atoms with Gasteiger partial charge < -0.3 is 4.74 Å². The maximum atomic E-state index is 5.65. The van der Waals surface area contributed by atoms with E-state index in [2.05, 4.69) is 32.3 Å². The van der Waals surface area contributed by atoms with E-state index >= 15 is 0 Å². The molecule has 0 saturated carbocycles. The topological polar surface area (TPSA) is 39.9 Å². The summed E-state index contributed by atoms with van der Waals surface area (Å²) in [6.45, 7) is 1.54. The molecule has 5 heteroatoms. The first-order valence-electron chi connectivity index (χ1n) is 5.53. The maximum Gasteiger partial charge on any atom is 0.122 e. The third-order valence-corrected chi connectivity index (χ3v) is 3.50. The van der Waals surface area contributed by atoms with Gasteiger partial charge in [0.05, 0.1) is 18.8 Å². The maximum absolute atomic E-state index is 5.65. The number of halogens is 1. The van der Waals surface area contributed by atoms with Crippen LogP contribution in [0.5, 0.6) is 5.75 Å². The van der Waals surface area contributed by atoms with Gasteiger partial charge in [-0.25, -0.2) is 0 Å². The van der Waals surface area contributed by atoms with Crippen LogP contribution in [0.25, 0.3) is 0 Å². The van der Waals surface area contributed by atoms with Crippen molar-refractivity contribution in [1.82, 2.24) is 15.0 Å². The van der Waals surface area contributed by atoms with Crippen molar-refractivity contribution in [2.24, 2.45) is 0 Å². The van der Waals surface area contributed by atoms with Crippen LogP contribution in [0.3, 0.4) is 0 Å². The van der Waals surface area contributed by atoms with Crippen LogP contribution in [-0.2, 0) is 11.9 Å². The number of fused-ring (bicyclic) bond motifs is 1. The average Bonchev–Trinajstić information content (AvgIpc) is 2.97. The Morgan fingerprint density at radius 2 is 2.29 bits per heavy atom. The van der Waals surface area contributed by atoms with E-state index in [1.807, 2.05) is 29.1 Å². The number of hydrogen-bond acceptors (Lipinski definition) is 3. The van der Waals surface area contributed by atoms with Crippen LogP contribution in [0.2, 0.25) is 0 Å². The molecule has 17 heavy (non-hydrogen) atoms. The van der Waals surface area contributed by atoms with E-state index in [-0.39, 0.29) is 0 Å². The van der Waals surface area contributed by atoms with Crippen molar-refractivity contribution in [2.45, 2.75) is 17.8 Å². The fourth-order valence-corrected chi connectivity index (χ4v) is 2.35. The predicted octanol–water partition coefficient (Wildman–Crippen LogP) is 2.35. The summed E-state index contributed by atoms with van der Waals surface area (Å²) >= 11 is 3.37. The van der Waals surface area contributed by atoms with Crippen LogP contribution in [-0.4, -0.2) is 21.6 Å². The summed E-state index contributed by atoms with van der Waals surface area (Å²) in [6, 6.07) is 8.18. The molecule has 0 bridgehead atoms. The molecule has 2 aromatic rings. The first-order chi connectivity index (χ1) is 8.36. The monoisotopic (exact) mass is 293 g/mol. The number of ether oxygens (including phenoxy) is 1. The fraction of sp³-hybridized carbons (Fsp3) is 0.333. The van der Waals surface area contributed by atoms with Crippen molar-refractivity contribution in [3.05, 3.63) is 41.7 Å². The quantitative estimate of drug-likeness (QED) is 0.816. The summed E-state index contributed by atoms with van der Waals surface area (Å²) < 4.78 is 7.53. The summed E-state index contributed by atoms with van der Waals surface area (Å²) in [5.41, 5.74) is 2.22. The Morgan fingerprint density at radius 3 is 3.12 bits per heavy atom. The molecule has 1 aliphatic heterocycles. The highest BCUT2D eigenvalue weighted by molar-refractivity contribution is 9.08. The molecule has 1 unspecified atom stereocenters. The fourth-order valence-electron chi connectivity index (χ4n) is 2.10. The number of hydrogen-bond donors (Lipinski definition) is 0. The van der Waals surface area contributed by atoms with E-state index in [1.54, 1.807) is 0 Å². The summed E-state index contributed by atoms with van der Waals surface area (Å²) in [4.78, 5) is 0. The Bertz CT molecular complexity index is 526. The zero-order chi connectivity index (χ0) is 11.7. The van der Waals surface area contributed by atoms with Crippen LogP contribution in [0.15, 0.2) is 30.5 Å². The van der Waals surface area contributed by atoms with Gasteiger partial charge in [0, 0.05) is 23.0 Å². The highest BCUT2D eigenvalue weighted by Gasteiger charge is 2.24. The third-order valence-electron chi connectivity index (χ3n) is 2.93. The number of alkyl halides is 1. The van der Waals surface area contributed by atoms with Crippen molar-refractivity contribution in [3.8, 4) is 5.75 Å².